The summed E-state index contributed by atoms with van der Waals surface area (Å²) in [5, 5.41) is 14.8. The maximum absolute atomic E-state index is 12.4. The van der Waals surface area contributed by atoms with Crippen molar-refractivity contribution in [1.29, 1.82) is 0 Å². The number of hydrogen-bond donors (Lipinski definition) is 3. The molecular formula is C26H30N2O5. The average Bonchev–Trinajstić information content (AvgIpc) is 3.11. The Kier molecular flexibility index (Phi) is 6.96. The van der Waals surface area contributed by atoms with Crippen molar-refractivity contribution in [2.45, 2.75) is 57.0 Å². The highest BCUT2D eigenvalue weighted by molar-refractivity contribution is 5.80. The van der Waals surface area contributed by atoms with Crippen LogP contribution in [0.5, 0.6) is 0 Å². The number of carbonyl (C=O) groups is 3. The lowest BCUT2D eigenvalue weighted by molar-refractivity contribution is -0.143. The third-order valence-corrected chi connectivity index (χ3v) is 6.59. The maximum atomic E-state index is 12.4. The molecule has 1 fully saturated rings. The highest BCUT2D eigenvalue weighted by atomic mass is 16.5. The molecule has 3 N–H and O–H groups in total. The fourth-order valence-corrected chi connectivity index (χ4v) is 5.00. The number of carbonyl (C=O) groups excluding carboxylic acids is 2. The van der Waals surface area contributed by atoms with Crippen molar-refractivity contribution in [3.8, 4) is 11.1 Å². The van der Waals surface area contributed by atoms with E-state index in [1.807, 2.05) is 24.3 Å². The van der Waals surface area contributed by atoms with E-state index in [4.69, 9.17) is 4.74 Å². The molecule has 0 aliphatic heterocycles. The molecule has 0 radical (unpaired) electrons. The number of carboxylic acids is 1. The van der Waals surface area contributed by atoms with Gasteiger partial charge in [-0.25, -0.2) is 4.79 Å². The number of fused-ring (bicyclic) bond motifs is 3. The van der Waals surface area contributed by atoms with Crippen LogP contribution in [0.1, 0.15) is 56.1 Å². The molecular weight excluding hydrogens is 420 g/mol. The minimum absolute atomic E-state index is 0.0183. The fraction of sp³-hybridized carbons (Fsp3) is 0.423. The molecule has 7 heteroatoms. The highest BCUT2D eigenvalue weighted by Gasteiger charge is 2.30. The molecule has 0 heterocycles. The van der Waals surface area contributed by atoms with Gasteiger partial charge in [0.1, 0.15) is 6.61 Å². The van der Waals surface area contributed by atoms with Crippen LogP contribution in [0.4, 0.5) is 4.79 Å². The van der Waals surface area contributed by atoms with Crippen molar-refractivity contribution in [3.05, 3.63) is 59.7 Å². The third kappa shape index (κ3) is 5.35. The van der Waals surface area contributed by atoms with E-state index in [0.29, 0.717) is 12.8 Å². The number of ether oxygens (including phenoxy) is 1. The summed E-state index contributed by atoms with van der Waals surface area (Å²) in [6.07, 6.45) is 2.23. The topological polar surface area (TPSA) is 105 Å². The maximum Gasteiger partial charge on any atom is 0.407 e. The standard InChI is InChI=1S/C26H30N2O5/c1-16(13-24(29)28-18-8-6-7-17(14-18)25(30)31)27-26(32)33-15-23-21-11-4-2-9-19(21)20-10-3-5-12-22(20)23/h2-5,9-12,16-18,23H,6-8,13-15H2,1H3,(H,27,32)(H,28,29)(H,30,31)/t16-,17-,18+/m0/s1. The number of benzene rings is 2. The van der Waals surface area contributed by atoms with Gasteiger partial charge in [0.05, 0.1) is 5.92 Å². The SMILES string of the molecule is C[C@@H](CC(=O)N[C@@H]1CCC[C@H](C(=O)O)C1)NC(=O)OCC1c2ccccc2-c2ccccc21. The van der Waals surface area contributed by atoms with Gasteiger partial charge in [-0.3, -0.25) is 9.59 Å². The van der Waals surface area contributed by atoms with Crippen LogP contribution in [0.2, 0.25) is 0 Å². The lowest BCUT2D eigenvalue weighted by Gasteiger charge is -2.27. The molecule has 2 aromatic rings. The second kappa shape index (κ2) is 10.1. The Bertz CT molecular complexity index is 991. The van der Waals surface area contributed by atoms with E-state index in [9.17, 15) is 19.5 Å². The summed E-state index contributed by atoms with van der Waals surface area (Å²) in [6.45, 7) is 1.97. The van der Waals surface area contributed by atoms with Gasteiger partial charge in [-0.1, -0.05) is 55.0 Å². The van der Waals surface area contributed by atoms with Crippen LogP contribution in [-0.4, -0.2) is 41.8 Å². The van der Waals surface area contributed by atoms with E-state index in [2.05, 4.69) is 34.9 Å². The van der Waals surface area contributed by atoms with Gasteiger partial charge in [0.15, 0.2) is 0 Å². The molecule has 2 aliphatic rings. The Morgan fingerprint density at radius 3 is 2.30 bits per heavy atom. The lowest BCUT2D eigenvalue weighted by Crippen LogP contribution is -2.43. The third-order valence-electron chi connectivity index (χ3n) is 6.59. The summed E-state index contributed by atoms with van der Waals surface area (Å²) < 4.78 is 5.54. The van der Waals surface area contributed by atoms with E-state index >= 15 is 0 Å². The molecule has 4 rings (SSSR count). The largest absolute Gasteiger partial charge is 0.481 e. The minimum Gasteiger partial charge on any atom is -0.481 e. The Hall–Kier alpha value is -3.35. The number of aliphatic carboxylic acids is 1. The predicted octanol–water partition coefficient (Wildman–Crippen LogP) is 4.06. The summed E-state index contributed by atoms with van der Waals surface area (Å²) in [5.74, 6) is -1.42. The van der Waals surface area contributed by atoms with Crippen LogP contribution >= 0.6 is 0 Å². The monoisotopic (exact) mass is 450 g/mol. The zero-order valence-electron chi connectivity index (χ0n) is 18.8. The van der Waals surface area contributed by atoms with Gasteiger partial charge in [-0.2, -0.15) is 0 Å². The molecule has 2 amide bonds. The Labute approximate surface area is 193 Å². The van der Waals surface area contributed by atoms with Gasteiger partial charge in [-0.05, 0) is 48.4 Å². The molecule has 0 spiro atoms. The van der Waals surface area contributed by atoms with Gasteiger partial charge in [0, 0.05) is 24.4 Å². The Morgan fingerprint density at radius 1 is 1.03 bits per heavy atom. The number of nitrogens with one attached hydrogen (secondary N) is 2. The van der Waals surface area contributed by atoms with E-state index in [1.165, 1.54) is 11.1 Å². The molecule has 3 atom stereocenters. The fourth-order valence-electron chi connectivity index (χ4n) is 5.00. The first kappa shape index (κ1) is 22.8. The van der Waals surface area contributed by atoms with Crippen molar-refractivity contribution >= 4 is 18.0 Å². The number of rotatable bonds is 7. The summed E-state index contributed by atoms with van der Waals surface area (Å²) in [5.41, 5.74) is 4.62. The molecule has 0 bridgehead atoms. The van der Waals surface area contributed by atoms with Gasteiger partial charge in [0.2, 0.25) is 5.91 Å². The van der Waals surface area contributed by atoms with Gasteiger partial charge in [0.25, 0.3) is 0 Å². The number of carboxylic acid groups (broad SMARTS) is 1. The van der Waals surface area contributed by atoms with Crippen LogP contribution in [0.3, 0.4) is 0 Å². The minimum atomic E-state index is -0.806. The zero-order chi connectivity index (χ0) is 23.4. The molecule has 0 unspecified atom stereocenters. The van der Waals surface area contributed by atoms with Crippen LogP contribution in [0, 0.1) is 5.92 Å². The normalized spacial score (nSPS) is 20.3. The van der Waals surface area contributed by atoms with Crippen LogP contribution in [-0.2, 0) is 14.3 Å². The second-order valence-electron chi connectivity index (χ2n) is 9.04. The molecule has 0 saturated heterocycles. The Balaban J connectivity index is 1.25. The van der Waals surface area contributed by atoms with Crippen LogP contribution in [0.25, 0.3) is 11.1 Å². The molecule has 33 heavy (non-hydrogen) atoms. The number of hydrogen-bond acceptors (Lipinski definition) is 4. The average molecular weight is 451 g/mol. The molecule has 7 nitrogen and oxygen atoms in total. The second-order valence-corrected chi connectivity index (χ2v) is 9.04. The first-order chi connectivity index (χ1) is 15.9. The first-order valence-corrected chi connectivity index (χ1v) is 11.6. The predicted molar refractivity (Wildman–Crippen MR) is 124 cm³/mol. The van der Waals surface area contributed by atoms with Gasteiger partial charge in [-0.15, -0.1) is 0 Å². The molecule has 174 valence electrons. The van der Waals surface area contributed by atoms with Crippen molar-refractivity contribution in [1.82, 2.24) is 10.6 Å². The Morgan fingerprint density at radius 2 is 1.67 bits per heavy atom. The number of amides is 2. The van der Waals surface area contributed by atoms with E-state index < -0.39 is 24.0 Å². The van der Waals surface area contributed by atoms with E-state index in [0.717, 1.165) is 24.0 Å². The zero-order valence-corrected chi connectivity index (χ0v) is 18.8. The van der Waals surface area contributed by atoms with Crippen LogP contribution in [0.15, 0.2) is 48.5 Å². The molecule has 1 saturated carbocycles. The summed E-state index contributed by atoms with van der Waals surface area (Å²) >= 11 is 0. The van der Waals surface area contributed by atoms with Crippen molar-refractivity contribution in [2.75, 3.05) is 6.61 Å². The quantitative estimate of drug-likeness (QED) is 0.590. The molecule has 0 aromatic heterocycles. The smallest absolute Gasteiger partial charge is 0.407 e. The molecule has 2 aliphatic carbocycles. The van der Waals surface area contributed by atoms with Crippen molar-refractivity contribution < 1.29 is 24.2 Å². The van der Waals surface area contributed by atoms with E-state index in [1.54, 1.807) is 6.92 Å². The summed E-state index contributed by atoms with van der Waals surface area (Å²) in [7, 11) is 0. The highest BCUT2D eigenvalue weighted by Crippen LogP contribution is 2.44. The van der Waals surface area contributed by atoms with Gasteiger partial charge >= 0.3 is 12.1 Å². The van der Waals surface area contributed by atoms with Crippen LogP contribution < -0.4 is 10.6 Å². The van der Waals surface area contributed by atoms with E-state index in [-0.39, 0.29) is 30.9 Å². The summed E-state index contributed by atoms with van der Waals surface area (Å²) in [6, 6.07) is 15.8. The lowest BCUT2D eigenvalue weighted by atomic mass is 9.85. The van der Waals surface area contributed by atoms with Crippen molar-refractivity contribution in [2.24, 2.45) is 5.92 Å². The van der Waals surface area contributed by atoms with Crippen molar-refractivity contribution in [3.63, 3.8) is 0 Å². The molecule has 2 aromatic carbocycles. The number of alkyl carbamates (subject to hydrolysis) is 1. The summed E-state index contributed by atoms with van der Waals surface area (Å²) in [4.78, 5) is 36.0. The first-order valence-electron chi connectivity index (χ1n) is 11.6. The van der Waals surface area contributed by atoms with Gasteiger partial charge < -0.3 is 20.5 Å².